The summed E-state index contributed by atoms with van der Waals surface area (Å²) in [6, 6.07) is -0.388. The van der Waals surface area contributed by atoms with Crippen LogP contribution in [0.25, 0.3) is 0 Å². The molecule has 10 amide bonds. The van der Waals surface area contributed by atoms with Crippen LogP contribution in [-0.2, 0) is 65.6 Å². The Morgan fingerprint density at radius 2 is 1.10 bits per heavy atom. The summed E-state index contributed by atoms with van der Waals surface area (Å²) in [4.78, 5) is 150. The predicted molar refractivity (Wildman–Crippen MR) is 278 cm³/mol. The molecule has 1 fully saturated rings. The first-order chi connectivity index (χ1) is 37.3. The second-order valence-electron chi connectivity index (χ2n) is 18.6. The molecule has 3 rings (SSSR count). The fraction of sp³-hybridized carbons (Fsp3) is 0.510. The summed E-state index contributed by atoms with van der Waals surface area (Å²) in [7, 11) is 0. The van der Waals surface area contributed by atoms with Gasteiger partial charge in [-0.2, -0.15) is 0 Å². The number of carboxylic acid groups (broad SMARTS) is 1. The van der Waals surface area contributed by atoms with Gasteiger partial charge in [-0.15, -0.1) is 0 Å². The van der Waals surface area contributed by atoms with Crippen LogP contribution in [-0.4, -0.2) is 188 Å². The zero-order chi connectivity index (χ0) is 58.9. The number of nitrogens with zero attached hydrogens (tertiary/aromatic N) is 2. The molecule has 30 heteroatoms. The van der Waals surface area contributed by atoms with Crippen LogP contribution in [0.5, 0.6) is 5.75 Å². The molecular formula is C49H72N14O16. The van der Waals surface area contributed by atoms with Crippen LogP contribution >= 0.6 is 0 Å². The topological polar surface area (TPSA) is 519 Å². The molecule has 1 aliphatic heterocycles. The first-order valence-electron chi connectivity index (χ1n) is 25.1. The largest absolute Gasteiger partial charge is 0.508 e. The van der Waals surface area contributed by atoms with E-state index in [1.807, 2.05) is 0 Å². The van der Waals surface area contributed by atoms with Crippen molar-refractivity contribution in [3.8, 4) is 5.75 Å². The Morgan fingerprint density at radius 3 is 1.63 bits per heavy atom. The van der Waals surface area contributed by atoms with Crippen molar-refractivity contribution in [2.45, 2.75) is 132 Å². The molecule has 2 aromatic carbocycles. The van der Waals surface area contributed by atoms with E-state index >= 15 is 0 Å². The first-order valence-corrected chi connectivity index (χ1v) is 25.1. The van der Waals surface area contributed by atoms with Crippen LogP contribution < -0.4 is 65.9 Å². The summed E-state index contributed by atoms with van der Waals surface area (Å²) in [5, 5.41) is 66.9. The average Bonchev–Trinajstić information content (AvgIpc) is 3.90. The first kappa shape index (κ1) is 64.8. The number of phenolic OH excluding ortho intramolecular Hbond substituents is 1. The quantitative estimate of drug-likeness (QED) is 0.0179. The third-order valence-corrected chi connectivity index (χ3v) is 12.4. The number of amides is 10. The number of primary amides is 2. The molecule has 0 aliphatic carbocycles. The van der Waals surface area contributed by atoms with Crippen molar-refractivity contribution in [2.75, 3.05) is 26.3 Å². The molecule has 10 atom stereocenters. The number of nitrogens with one attached hydrogen (secondary N) is 7. The van der Waals surface area contributed by atoms with Crippen molar-refractivity contribution in [3.63, 3.8) is 0 Å². The van der Waals surface area contributed by atoms with E-state index in [0.717, 1.165) is 11.8 Å². The predicted octanol–water partition coefficient (Wildman–Crippen LogP) is -7.08. The molecule has 0 unspecified atom stereocenters. The molecule has 0 bridgehead atoms. The van der Waals surface area contributed by atoms with Crippen LogP contribution in [0.15, 0.2) is 59.6 Å². The molecule has 22 N–H and O–H groups in total. The van der Waals surface area contributed by atoms with Crippen molar-refractivity contribution in [3.05, 3.63) is 65.7 Å². The maximum absolute atomic E-state index is 14.5. The molecule has 30 nitrogen and oxygen atoms in total. The molecule has 79 heavy (non-hydrogen) atoms. The fourth-order valence-corrected chi connectivity index (χ4v) is 8.05. The summed E-state index contributed by atoms with van der Waals surface area (Å²) in [6.07, 6.45) is -3.08. The van der Waals surface area contributed by atoms with Gasteiger partial charge >= 0.3 is 5.97 Å². The van der Waals surface area contributed by atoms with E-state index in [4.69, 9.17) is 28.7 Å². The number of aliphatic hydroxyl groups is 3. The minimum atomic E-state index is -1.84. The van der Waals surface area contributed by atoms with Crippen LogP contribution in [0.4, 0.5) is 0 Å². The molecule has 2 aromatic rings. The highest BCUT2D eigenvalue weighted by molar-refractivity contribution is 5.98. The molecule has 0 aromatic heterocycles. The number of likely N-dealkylation sites (tertiary alicyclic amines) is 1. The van der Waals surface area contributed by atoms with Crippen molar-refractivity contribution in [1.29, 1.82) is 0 Å². The van der Waals surface area contributed by atoms with Crippen LogP contribution in [0.1, 0.15) is 69.4 Å². The summed E-state index contributed by atoms with van der Waals surface area (Å²) >= 11 is 0. The monoisotopic (exact) mass is 1110 g/mol. The average molecular weight is 1110 g/mol. The van der Waals surface area contributed by atoms with Gasteiger partial charge in [0.2, 0.25) is 59.1 Å². The summed E-state index contributed by atoms with van der Waals surface area (Å²) < 4.78 is 0. The third-order valence-electron chi connectivity index (χ3n) is 12.4. The number of guanidine groups is 1. The van der Waals surface area contributed by atoms with Crippen molar-refractivity contribution < 1.29 is 78.3 Å². The Bertz CT molecular complexity index is 2480. The van der Waals surface area contributed by atoms with Crippen molar-refractivity contribution in [1.82, 2.24) is 42.1 Å². The number of benzene rings is 2. The van der Waals surface area contributed by atoms with Gasteiger partial charge in [0, 0.05) is 38.8 Å². The SMILES string of the molecule is C[C@@H](O)[C@H](NC(=O)[C@H](Cc1ccccc1)NC(=O)[C@@H]1CCCN1C(=O)[C@H](CCCN=C(N)N)NC(=O)[C@H](CO)NC(=O)[C@H](Cc1ccc(O)cc1)NC(=O)[C@H](CO)NC(=O)[C@H](CCC(N)=O)NC(=O)[C@@H](N)CCC(N)=O)C(=O)O. The number of nitrogens with two attached hydrogens (primary N) is 5. The number of carbonyl (C=O) groups excluding carboxylic acids is 10. The Balaban J connectivity index is 1.88. The van der Waals surface area contributed by atoms with Gasteiger partial charge in [-0.3, -0.25) is 52.9 Å². The number of carbonyl (C=O) groups is 11. The van der Waals surface area contributed by atoms with E-state index in [2.05, 4.69) is 42.2 Å². The van der Waals surface area contributed by atoms with Gasteiger partial charge in [0.05, 0.1) is 25.4 Å². The smallest absolute Gasteiger partial charge is 0.328 e. The van der Waals surface area contributed by atoms with Crippen LogP contribution in [0, 0.1) is 0 Å². The van der Waals surface area contributed by atoms with Crippen molar-refractivity contribution >= 4 is 71.0 Å². The highest BCUT2D eigenvalue weighted by atomic mass is 16.4. The minimum absolute atomic E-state index is 0.0147. The number of carboxylic acids is 1. The standard InChI is InChI=1S/C49H72N14O16/c1-25(66)39(48(78)79)62-43(73)33(21-26-7-3-2-4-8-26)59-46(76)36-10-6-20-63(36)47(77)31(9-5-19-55-49(53)54)57-44(74)34(23-64)61-42(72)32(22-27-11-13-28(67)14-12-27)58-45(75)35(24-65)60-41(71)30(16-18-38(52)69)56-40(70)29(50)15-17-37(51)68/h2-4,7-8,11-14,25,29-36,39,64-67H,5-6,9-10,15-24,50H2,1H3,(H2,51,68)(H2,52,69)(H,56,70)(H,57,74)(H,58,75)(H,59,76)(H,60,71)(H,61,72)(H,62,73)(H,78,79)(H4,53,54,55)/t25-,29+,30+,31+,32+,33+,34+,35+,36+,39+/m1/s1. The van der Waals surface area contributed by atoms with Gasteiger partial charge in [0.15, 0.2) is 12.0 Å². The van der Waals surface area contributed by atoms with E-state index in [9.17, 15) is 78.3 Å². The highest BCUT2D eigenvalue weighted by Gasteiger charge is 2.41. The number of hydrogen-bond donors (Lipinski definition) is 17. The zero-order valence-corrected chi connectivity index (χ0v) is 43.4. The summed E-state index contributed by atoms with van der Waals surface area (Å²) in [5.41, 5.74) is 28.1. The number of phenols is 1. The van der Waals surface area contributed by atoms with Gasteiger partial charge in [-0.25, -0.2) is 4.79 Å². The van der Waals surface area contributed by atoms with E-state index in [1.165, 1.54) is 24.3 Å². The molecule has 0 saturated carbocycles. The van der Waals surface area contributed by atoms with Gasteiger partial charge in [0.1, 0.15) is 48.0 Å². The summed E-state index contributed by atoms with van der Waals surface area (Å²) in [5.74, 6) is -11.7. The maximum Gasteiger partial charge on any atom is 0.328 e. The van der Waals surface area contributed by atoms with E-state index in [0.29, 0.717) is 11.1 Å². The Hall–Kier alpha value is -8.48. The molecular weight excluding hydrogens is 1040 g/mol. The zero-order valence-electron chi connectivity index (χ0n) is 43.4. The molecule has 434 valence electrons. The lowest BCUT2D eigenvalue weighted by molar-refractivity contribution is -0.145. The number of aliphatic hydroxyl groups excluding tert-OH is 3. The van der Waals surface area contributed by atoms with Gasteiger partial charge < -0.3 is 96.3 Å². The lowest BCUT2D eigenvalue weighted by atomic mass is 10.0. The van der Waals surface area contributed by atoms with Gasteiger partial charge in [0.25, 0.3) is 0 Å². The van der Waals surface area contributed by atoms with Crippen molar-refractivity contribution in [2.24, 2.45) is 33.7 Å². The summed E-state index contributed by atoms with van der Waals surface area (Å²) in [6.45, 7) is -1.08. The second-order valence-corrected chi connectivity index (χ2v) is 18.6. The van der Waals surface area contributed by atoms with Gasteiger partial charge in [-0.1, -0.05) is 42.5 Å². The van der Waals surface area contributed by atoms with E-state index in [1.54, 1.807) is 30.3 Å². The van der Waals surface area contributed by atoms with Crippen LogP contribution in [0.3, 0.4) is 0 Å². The Kier molecular flexibility index (Phi) is 26.5. The lowest BCUT2D eigenvalue weighted by Gasteiger charge is -2.31. The molecule has 1 aliphatic rings. The number of aliphatic carboxylic acids is 1. The Labute approximate surface area is 453 Å². The fourth-order valence-electron chi connectivity index (χ4n) is 8.05. The molecule has 1 heterocycles. The molecule has 0 spiro atoms. The molecule has 0 radical (unpaired) electrons. The third kappa shape index (κ3) is 21.8. The number of aliphatic imine (C=N–C) groups is 1. The van der Waals surface area contributed by atoms with E-state index < -0.39 is 152 Å². The van der Waals surface area contributed by atoms with E-state index in [-0.39, 0.29) is 76.2 Å². The van der Waals surface area contributed by atoms with Crippen LogP contribution in [0.2, 0.25) is 0 Å². The second kappa shape index (κ2) is 32.3. The number of aromatic hydroxyl groups is 1. The Morgan fingerprint density at radius 1 is 0.620 bits per heavy atom. The minimum Gasteiger partial charge on any atom is -0.508 e. The van der Waals surface area contributed by atoms with Gasteiger partial charge in [-0.05, 0) is 68.7 Å². The highest BCUT2D eigenvalue weighted by Crippen LogP contribution is 2.21. The number of rotatable bonds is 33. The number of hydrogen-bond acceptors (Lipinski definition) is 17. The lowest BCUT2D eigenvalue weighted by Crippen LogP contribution is -2.61. The normalized spacial score (nSPS) is 16.3. The molecule has 1 saturated heterocycles. The maximum atomic E-state index is 14.5.